The topological polar surface area (TPSA) is 87.7 Å². The molecule has 0 saturated carbocycles. The zero-order valence-corrected chi connectivity index (χ0v) is 19.6. The van der Waals surface area contributed by atoms with Gasteiger partial charge in [-0.1, -0.05) is 24.3 Å². The van der Waals surface area contributed by atoms with Crippen LogP contribution in [0.5, 0.6) is 0 Å². The van der Waals surface area contributed by atoms with Gasteiger partial charge in [-0.3, -0.25) is 4.79 Å². The minimum Gasteiger partial charge on any atom is -0.478 e. The van der Waals surface area contributed by atoms with E-state index in [2.05, 4.69) is 10.6 Å². The van der Waals surface area contributed by atoms with Crippen molar-refractivity contribution in [3.63, 3.8) is 0 Å². The van der Waals surface area contributed by atoms with Crippen molar-refractivity contribution in [2.75, 3.05) is 11.9 Å². The molecule has 10 heteroatoms. The lowest BCUT2D eigenvalue weighted by atomic mass is 10.0. The molecule has 6 nitrogen and oxygen atoms in total. The van der Waals surface area contributed by atoms with Gasteiger partial charge in [0.05, 0.1) is 35.9 Å². The predicted molar refractivity (Wildman–Crippen MR) is 126 cm³/mol. The van der Waals surface area contributed by atoms with Crippen molar-refractivity contribution in [1.82, 2.24) is 5.32 Å². The number of hydrogen-bond donors (Lipinski definition) is 3. The van der Waals surface area contributed by atoms with Gasteiger partial charge in [-0.2, -0.15) is 13.2 Å². The maximum absolute atomic E-state index is 13.3. The normalized spacial score (nSPS) is 14.2. The zero-order chi connectivity index (χ0) is 25.2. The zero-order valence-electron chi connectivity index (χ0n) is 18.7. The number of carboxylic acids is 1. The van der Waals surface area contributed by atoms with Crippen molar-refractivity contribution in [2.24, 2.45) is 0 Å². The smallest absolute Gasteiger partial charge is 0.416 e. The summed E-state index contributed by atoms with van der Waals surface area (Å²) in [5.74, 6) is -1.31. The number of benzene rings is 2. The number of nitrogens with one attached hydrogen (secondary N) is 2. The lowest BCUT2D eigenvalue weighted by Gasteiger charge is -2.18. The summed E-state index contributed by atoms with van der Waals surface area (Å²) in [5, 5.41) is 15.9. The lowest BCUT2D eigenvalue weighted by Crippen LogP contribution is -2.28. The first-order chi connectivity index (χ1) is 16.6. The first-order valence-electron chi connectivity index (χ1n) is 10.9. The number of fused-ring (bicyclic) bond motifs is 1. The number of anilines is 1. The first-order valence-corrected chi connectivity index (χ1v) is 11.7. The molecule has 0 unspecified atom stereocenters. The maximum Gasteiger partial charge on any atom is 0.416 e. The fraction of sp³-hybridized carbons (Fsp3) is 0.280. The van der Waals surface area contributed by atoms with Crippen LogP contribution in [0.3, 0.4) is 0 Å². The number of amides is 1. The Morgan fingerprint density at radius 2 is 1.80 bits per heavy atom. The van der Waals surface area contributed by atoms with Crippen LogP contribution in [0.2, 0.25) is 0 Å². The Kier molecular flexibility index (Phi) is 7.13. The third-order valence-corrected chi connectivity index (χ3v) is 6.95. The second-order valence-electron chi connectivity index (χ2n) is 8.18. The third kappa shape index (κ3) is 5.66. The quantitative estimate of drug-likeness (QED) is 0.388. The largest absolute Gasteiger partial charge is 0.478 e. The molecule has 1 aromatic heterocycles. The Morgan fingerprint density at radius 3 is 2.43 bits per heavy atom. The van der Waals surface area contributed by atoms with E-state index in [0.29, 0.717) is 35.8 Å². The van der Waals surface area contributed by atoms with Gasteiger partial charge in [0.25, 0.3) is 5.91 Å². The first kappa shape index (κ1) is 24.7. The summed E-state index contributed by atoms with van der Waals surface area (Å²) in [6.45, 7) is 2.96. The Balaban J connectivity index is 1.52. The second-order valence-corrected chi connectivity index (χ2v) is 9.29. The Bertz CT molecular complexity index is 1220. The van der Waals surface area contributed by atoms with Gasteiger partial charge in [0, 0.05) is 11.4 Å². The number of rotatable bonds is 7. The molecule has 0 radical (unpaired) electrons. The predicted octanol–water partition coefficient (Wildman–Crippen LogP) is 5.64. The molecule has 2 aromatic carbocycles. The van der Waals surface area contributed by atoms with Gasteiger partial charge >= 0.3 is 12.1 Å². The maximum atomic E-state index is 13.3. The molecular formula is C25H23F3N2O4S. The summed E-state index contributed by atoms with van der Waals surface area (Å²) in [5.41, 5.74) is 2.27. The highest BCUT2D eigenvalue weighted by molar-refractivity contribution is 7.16. The Hall–Kier alpha value is -3.37. The lowest BCUT2D eigenvalue weighted by molar-refractivity contribution is -0.137. The molecule has 184 valence electrons. The highest BCUT2D eigenvalue weighted by Gasteiger charge is 2.30. The van der Waals surface area contributed by atoms with Crippen LogP contribution in [0.4, 0.5) is 18.2 Å². The van der Waals surface area contributed by atoms with Crippen molar-refractivity contribution in [2.45, 2.75) is 38.7 Å². The van der Waals surface area contributed by atoms with E-state index in [9.17, 15) is 22.8 Å². The Labute approximate surface area is 203 Å². The van der Waals surface area contributed by atoms with Crippen LogP contribution in [-0.4, -0.2) is 23.6 Å². The molecule has 3 aromatic rings. The van der Waals surface area contributed by atoms with Crippen LogP contribution in [0, 0.1) is 0 Å². The van der Waals surface area contributed by atoms with Gasteiger partial charge in [-0.15, -0.1) is 11.3 Å². The van der Waals surface area contributed by atoms with Crippen molar-refractivity contribution in [3.8, 4) is 0 Å². The van der Waals surface area contributed by atoms with Crippen LogP contribution < -0.4 is 10.6 Å². The van der Waals surface area contributed by atoms with Gasteiger partial charge in [0.2, 0.25) is 0 Å². The average molecular weight is 505 g/mol. The van der Waals surface area contributed by atoms with Crippen molar-refractivity contribution in [3.05, 3.63) is 86.8 Å². The summed E-state index contributed by atoms with van der Waals surface area (Å²) in [6.07, 6.45) is -3.81. The van der Waals surface area contributed by atoms with Crippen molar-refractivity contribution < 1.29 is 32.6 Å². The number of hydrogen-bond acceptors (Lipinski definition) is 5. The molecule has 35 heavy (non-hydrogen) atoms. The van der Waals surface area contributed by atoms with Crippen LogP contribution in [0.25, 0.3) is 0 Å². The third-order valence-electron chi connectivity index (χ3n) is 5.79. The van der Waals surface area contributed by atoms with E-state index >= 15 is 0 Å². The molecule has 3 N–H and O–H groups in total. The van der Waals surface area contributed by atoms with E-state index in [1.54, 1.807) is 12.1 Å². The summed E-state index contributed by atoms with van der Waals surface area (Å²) in [4.78, 5) is 25.3. The number of ether oxygens (including phenoxy) is 1. The van der Waals surface area contributed by atoms with Crippen LogP contribution >= 0.6 is 11.3 Å². The number of carbonyl (C=O) groups excluding carboxylic acids is 1. The van der Waals surface area contributed by atoms with Crippen LogP contribution in [-0.2, 0) is 30.5 Å². The number of alkyl halides is 3. The van der Waals surface area contributed by atoms with E-state index in [-0.39, 0.29) is 24.1 Å². The van der Waals surface area contributed by atoms with Crippen LogP contribution in [0.15, 0.2) is 48.5 Å². The molecule has 2 heterocycles. The monoisotopic (exact) mass is 504 g/mol. The summed E-state index contributed by atoms with van der Waals surface area (Å²) >= 11 is 1.40. The van der Waals surface area contributed by atoms with E-state index in [1.807, 2.05) is 6.92 Å². The molecule has 0 bridgehead atoms. The van der Waals surface area contributed by atoms with Crippen molar-refractivity contribution >= 4 is 28.2 Å². The molecule has 0 aliphatic carbocycles. The summed E-state index contributed by atoms with van der Waals surface area (Å²) in [6, 6.07) is 10.8. The standard InChI is InChI=1S/C25H23F3N2O4S/c1-14(16-4-6-17(7-5-16)24(32)33)30-22(31)21-19-10-11-34-13-20(19)35-23(21)29-12-15-2-8-18(9-3-15)25(26,27)28/h2-9,14,29H,10-13H2,1H3,(H,30,31)(H,32,33)/t14-/m0/s1. The molecule has 1 atom stereocenters. The SMILES string of the molecule is C[C@H](NC(=O)c1c(NCc2ccc(C(F)(F)F)cc2)sc2c1CCOC2)c1ccc(C(=O)O)cc1. The van der Waals surface area contributed by atoms with Gasteiger partial charge in [0.1, 0.15) is 5.00 Å². The summed E-state index contributed by atoms with van der Waals surface area (Å²) in [7, 11) is 0. The minimum absolute atomic E-state index is 0.161. The molecular weight excluding hydrogens is 481 g/mol. The number of thiophene rings is 1. The number of halogens is 3. The van der Waals surface area contributed by atoms with Gasteiger partial charge in [0.15, 0.2) is 0 Å². The molecule has 0 fully saturated rings. The van der Waals surface area contributed by atoms with Gasteiger partial charge in [-0.25, -0.2) is 4.79 Å². The number of aromatic carboxylic acids is 1. The van der Waals surface area contributed by atoms with E-state index in [0.717, 1.165) is 28.1 Å². The number of carboxylic acid groups (broad SMARTS) is 1. The minimum atomic E-state index is -4.39. The molecule has 4 rings (SSSR count). The van der Waals surface area contributed by atoms with E-state index < -0.39 is 17.7 Å². The molecule has 0 spiro atoms. The summed E-state index contributed by atoms with van der Waals surface area (Å²) < 4.78 is 44.0. The van der Waals surface area contributed by atoms with Crippen LogP contribution in [0.1, 0.15) is 60.8 Å². The van der Waals surface area contributed by atoms with E-state index in [1.165, 1.54) is 35.6 Å². The fourth-order valence-electron chi connectivity index (χ4n) is 3.86. The highest BCUT2D eigenvalue weighted by Crippen LogP contribution is 2.37. The highest BCUT2D eigenvalue weighted by atomic mass is 32.1. The second kappa shape index (κ2) is 10.1. The average Bonchev–Trinajstić information content (AvgIpc) is 3.21. The molecule has 1 aliphatic heterocycles. The number of carbonyl (C=O) groups is 2. The van der Waals surface area contributed by atoms with Crippen molar-refractivity contribution in [1.29, 1.82) is 0 Å². The van der Waals surface area contributed by atoms with Gasteiger partial charge in [-0.05, 0) is 54.3 Å². The molecule has 0 saturated heterocycles. The fourth-order valence-corrected chi connectivity index (χ4v) is 5.04. The molecule has 1 aliphatic rings. The van der Waals surface area contributed by atoms with Gasteiger partial charge < -0.3 is 20.5 Å². The Morgan fingerprint density at radius 1 is 1.11 bits per heavy atom. The molecule has 1 amide bonds. The van der Waals surface area contributed by atoms with E-state index in [4.69, 9.17) is 9.84 Å².